The number of fused-ring (bicyclic) bond motifs is 1. The molecule has 2 aromatic rings. The van der Waals surface area contributed by atoms with E-state index in [0.717, 1.165) is 25.2 Å². The van der Waals surface area contributed by atoms with Crippen LogP contribution in [0.2, 0.25) is 0 Å². The first-order valence-electron chi connectivity index (χ1n) is 12.0. The first kappa shape index (κ1) is 32.2. The lowest BCUT2D eigenvalue weighted by Gasteiger charge is -2.30. The van der Waals surface area contributed by atoms with Crippen LogP contribution >= 0.6 is 0 Å². The minimum absolute atomic E-state index is 0.406. The van der Waals surface area contributed by atoms with Crippen LogP contribution in [0.3, 0.4) is 0 Å². The smallest absolute Gasteiger partial charge is 0.475 e. The maximum Gasteiger partial charge on any atom is 0.490 e. The molecule has 1 aromatic heterocycles. The van der Waals surface area contributed by atoms with Crippen LogP contribution in [0, 0.1) is 11.3 Å². The molecule has 0 saturated carbocycles. The van der Waals surface area contributed by atoms with E-state index in [2.05, 4.69) is 53.1 Å². The summed E-state index contributed by atoms with van der Waals surface area (Å²) in [6.07, 6.45) is -8.88. The number of carboxylic acid groups (broad SMARTS) is 2. The SMILES string of the molecule is CCN1C[C@H](COC)[C@]2(CCN(Cc3ccc4ccccc4n3)C2)C1.O=C(O)C(F)(F)F.O=C(O)C(F)(F)F. The molecule has 0 bridgehead atoms. The Balaban J connectivity index is 0.000000317. The lowest BCUT2D eigenvalue weighted by Crippen LogP contribution is -2.36. The van der Waals surface area contributed by atoms with E-state index in [4.69, 9.17) is 29.5 Å². The molecule has 2 aliphatic heterocycles. The Morgan fingerprint density at radius 1 is 1.00 bits per heavy atom. The average Bonchev–Trinajstić information content (AvgIpc) is 3.41. The second kappa shape index (κ2) is 13.4. The zero-order valence-electron chi connectivity index (χ0n) is 21.4. The quantitative estimate of drug-likeness (QED) is 0.516. The van der Waals surface area contributed by atoms with Crippen molar-refractivity contribution in [3.05, 3.63) is 42.1 Å². The molecule has 0 amide bonds. The molecular formula is C25H31F6N3O5. The number of aliphatic carboxylic acids is 2. The second-order valence-electron chi connectivity index (χ2n) is 9.40. The molecule has 0 radical (unpaired) electrons. The molecule has 2 fully saturated rings. The van der Waals surface area contributed by atoms with Gasteiger partial charge < -0.3 is 19.8 Å². The van der Waals surface area contributed by atoms with E-state index in [1.807, 2.05) is 7.11 Å². The number of halogens is 6. The molecule has 8 nitrogen and oxygen atoms in total. The van der Waals surface area contributed by atoms with E-state index in [1.165, 1.54) is 43.7 Å². The summed E-state index contributed by atoms with van der Waals surface area (Å²) < 4.78 is 69.0. The molecule has 2 atom stereocenters. The molecule has 4 rings (SSSR count). The van der Waals surface area contributed by atoms with Crippen molar-refractivity contribution in [1.82, 2.24) is 14.8 Å². The van der Waals surface area contributed by atoms with Crippen molar-refractivity contribution in [2.24, 2.45) is 11.3 Å². The molecule has 1 spiro atoms. The minimum atomic E-state index is -5.08. The van der Waals surface area contributed by atoms with Crippen molar-refractivity contribution >= 4 is 22.8 Å². The third-order valence-electron chi connectivity index (χ3n) is 6.69. The normalized spacial score (nSPS) is 21.8. The fourth-order valence-corrected chi connectivity index (χ4v) is 4.82. The van der Waals surface area contributed by atoms with Crippen LogP contribution in [0.25, 0.3) is 10.9 Å². The van der Waals surface area contributed by atoms with Gasteiger partial charge in [0.2, 0.25) is 0 Å². The van der Waals surface area contributed by atoms with Gasteiger partial charge >= 0.3 is 24.3 Å². The molecule has 0 unspecified atom stereocenters. The predicted molar refractivity (Wildman–Crippen MR) is 129 cm³/mol. The first-order chi connectivity index (χ1) is 18.1. The molecule has 2 aliphatic rings. The number of rotatable bonds is 5. The van der Waals surface area contributed by atoms with Gasteiger partial charge in [0.05, 0.1) is 17.8 Å². The van der Waals surface area contributed by atoms with Crippen molar-refractivity contribution < 1.29 is 50.9 Å². The molecule has 2 N–H and O–H groups in total. The van der Waals surface area contributed by atoms with Gasteiger partial charge in [-0.15, -0.1) is 0 Å². The molecule has 3 heterocycles. The predicted octanol–water partition coefficient (Wildman–Crippen LogP) is 4.29. The van der Waals surface area contributed by atoms with E-state index in [9.17, 15) is 26.3 Å². The zero-order chi connectivity index (χ0) is 29.4. The van der Waals surface area contributed by atoms with Gasteiger partial charge in [0, 0.05) is 50.0 Å². The van der Waals surface area contributed by atoms with E-state index >= 15 is 0 Å². The van der Waals surface area contributed by atoms with Gasteiger partial charge in [-0.1, -0.05) is 31.2 Å². The molecule has 0 aliphatic carbocycles. The standard InChI is InChI=1S/C21H29N3O.2C2HF3O2/c1-3-23-12-18(14-25-2)21(15-23)10-11-24(16-21)13-19-9-8-17-6-4-5-7-20(17)22-19;2*3-2(4,5)1(6)7/h4-9,18H,3,10-16H2,1-2H3;2*(H,6,7)/t18-,21-;;/m1../s1. The molecule has 1 aromatic carbocycles. The number of para-hydroxylation sites is 1. The number of nitrogens with zero attached hydrogens (tertiary/aromatic N) is 3. The molecule has 14 heteroatoms. The maximum absolute atomic E-state index is 10.6. The van der Waals surface area contributed by atoms with Crippen molar-refractivity contribution in [2.45, 2.75) is 32.2 Å². The highest BCUT2D eigenvalue weighted by Crippen LogP contribution is 2.44. The number of alkyl halides is 6. The third kappa shape index (κ3) is 9.32. The minimum Gasteiger partial charge on any atom is -0.475 e. The number of hydrogen-bond donors (Lipinski definition) is 2. The fourth-order valence-electron chi connectivity index (χ4n) is 4.82. The summed E-state index contributed by atoms with van der Waals surface area (Å²) in [5.74, 6) is -4.85. The lowest BCUT2D eigenvalue weighted by molar-refractivity contribution is -0.193. The van der Waals surface area contributed by atoms with Gasteiger partial charge in [0.25, 0.3) is 0 Å². The number of pyridine rings is 1. The zero-order valence-corrected chi connectivity index (χ0v) is 21.4. The largest absolute Gasteiger partial charge is 0.490 e. The van der Waals surface area contributed by atoms with Crippen LogP contribution in [0.1, 0.15) is 19.0 Å². The van der Waals surface area contributed by atoms with E-state index in [0.29, 0.717) is 11.3 Å². The molecule has 39 heavy (non-hydrogen) atoms. The summed E-state index contributed by atoms with van der Waals surface area (Å²) in [6, 6.07) is 12.8. The number of aromatic nitrogens is 1. The molecule has 2 saturated heterocycles. The lowest BCUT2D eigenvalue weighted by atomic mass is 9.77. The van der Waals surface area contributed by atoms with Crippen LogP contribution < -0.4 is 0 Å². The van der Waals surface area contributed by atoms with Crippen LogP contribution in [-0.2, 0) is 20.9 Å². The summed E-state index contributed by atoms with van der Waals surface area (Å²) in [5, 5.41) is 15.5. The first-order valence-corrected chi connectivity index (χ1v) is 12.0. The van der Waals surface area contributed by atoms with Gasteiger partial charge in [0.1, 0.15) is 0 Å². The number of ether oxygens (including phenoxy) is 1. The number of hydrogen-bond acceptors (Lipinski definition) is 6. The van der Waals surface area contributed by atoms with Crippen LogP contribution in [0.5, 0.6) is 0 Å². The average molecular weight is 568 g/mol. The highest BCUT2D eigenvalue weighted by Gasteiger charge is 2.49. The van der Waals surface area contributed by atoms with Crippen molar-refractivity contribution in [3.8, 4) is 0 Å². The van der Waals surface area contributed by atoms with Crippen LogP contribution in [0.4, 0.5) is 26.3 Å². The maximum atomic E-state index is 10.6. The van der Waals surface area contributed by atoms with E-state index in [1.54, 1.807) is 0 Å². The van der Waals surface area contributed by atoms with Gasteiger partial charge in [-0.2, -0.15) is 26.3 Å². The summed E-state index contributed by atoms with van der Waals surface area (Å²) in [5.41, 5.74) is 2.69. The highest BCUT2D eigenvalue weighted by atomic mass is 19.4. The van der Waals surface area contributed by atoms with Crippen LogP contribution in [-0.4, -0.2) is 95.7 Å². The Kier molecular flexibility index (Phi) is 11.1. The summed E-state index contributed by atoms with van der Waals surface area (Å²) in [6.45, 7) is 10.0. The van der Waals surface area contributed by atoms with Crippen molar-refractivity contribution in [2.75, 3.05) is 46.4 Å². The summed E-state index contributed by atoms with van der Waals surface area (Å²) >= 11 is 0. The number of methoxy groups -OCH3 is 1. The summed E-state index contributed by atoms with van der Waals surface area (Å²) in [4.78, 5) is 27.8. The Hall–Kier alpha value is -2.97. The molecule has 218 valence electrons. The van der Waals surface area contributed by atoms with Crippen LogP contribution in [0.15, 0.2) is 36.4 Å². The topological polar surface area (TPSA) is 103 Å². The third-order valence-corrected chi connectivity index (χ3v) is 6.69. The summed E-state index contributed by atoms with van der Waals surface area (Å²) in [7, 11) is 1.84. The number of carbonyl (C=O) groups is 2. The second-order valence-corrected chi connectivity index (χ2v) is 9.40. The number of likely N-dealkylation sites (tertiary alicyclic amines) is 2. The van der Waals surface area contributed by atoms with E-state index in [-0.39, 0.29) is 0 Å². The van der Waals surface area contributed by atoms with Crippen molar-refractivity contribution in [3.63, 3.8) is 0 Å². The van der Waals surface area contributed by atoms with Gasteiger partial charge in [-0.3, -0.25) is 9.88 Å². The fraction of sp³-hybridized carbons (Fsp3) is 0.560. The Morgan fingerprint density at radius 3 is 2.10 bits per heavy atom. The van der Waals surface area contributed by atoms with Gasteiger partial charge in [-0.05, 0) is 31.6 Å². The number of benzene rings is 1. The Bertz CT molecular complexity index is 1090. The molecular weight excluding hydrogens is 536 g/mol. The van der Waals surface area contributed by atoms with E-state index < -0.39 is 24.3 Å². The Labute approximate surface area is 221 Å². The van der Waals surface area contributed by atoms with Crippen molar-refractivity contribution in [1.29, 1.82) is 0 Å². The monoisotopic (exact) mass is 567 g/mol. The van der Waals surface area contributed by atoms with Gasteiger partial charge in [0.15, 0.2) is 0 Å². The number of carboxylic acids is 2. The highest BCUT2D eigenvalue weighted by molar-refractivity contribution is 5.78. The Morgan fingerprint density at radius 2 is 1.56 bits per heavy atom. The van der Waals surface area contributed by atoms with Gasteiger partial charge in [-0.25, -0.2) is 9.59 Å².